The summed E-state index contributed by atoms with van der Waals surface area (Å²) in [6, 6.07) is 4.97. The van der Waals surface area contributed by atoms with E-state index in [1.807, 2.05) is 6.92 Å². The average molecular weight is 462 g/mol. The van der Waals surface area contributed by atoms with Crippen molar-refractivity contribution in [1.82, 2.24) is 9.55 Å². The number of ether oxygens (including phenoxy) is 1. The van der Waals surface area contributed by atoms with Gasteiger partial charge < -0.3 is 15.8 Å². The van der Waals surface area contributed by atoms with Gasteiger partial charge in [0.1, 0.15) is 5.82 Å². The SMILES string of the molecule is CCCCn1c(N)c(N(CCOC)C(=O)c2ccc3c(c2)NC(=O)C(C)S3)c(=O)[nH]c1=O. The molecule has 32 heavy (non-hydrogen) atoms. The number of H-pyrrole nitrogens is 1. The quantitative estimate of drug-likeness (QED) is 0.543. The number of methoxy groups -OCH3 is 1. The van der Waals surface area contributed by atoms with Crippen molar-refractivity contribution in [2.24, 2.45) is 0 Å². The van der Waals surface area contributed by atoms with Gasteiger partial charge in [-0.2, -0.15) is 0 Å². The van der Waals surface area contributed by atoms with Gasteiger partial charge in [-0.3, -0.25) is 28.8 Å². The molecule has 1 aromatic heterocycles. The molecule has 172 valence electrons. The second-order valence-electron chi connectivity index (χ2n) is 7.41. The van der Waals surface area contributed by atoms with Crippen LogP contribution < -0.4 is 27.2 Å². The number of fused-ring (bicyclic) bond motifs is 1. The maximum Gasteiger partial charge on any atom is 0.330 e. The van der Waals surface area contributed by atoms with Gasteiger partial charge in [0, 0.05) is 30.7 Å². The van der Waals surface area contributed by atoms with E-state index < -0.39 is 17.2 Å². The molecule has 1 aliphatic heterocycles. The van der Waals surface area contributed by atoms with Crippen LogP contribution in [-0.2, 0) is 16.1 Å². The van der Waals surface area contributed by atoms with Gasteiger partial charge in [-0.25, -0.2) is 4.79 Å². The minimum absolute atomic E-state index is 0.0455. The number of carbonyl (C=O) groups is 2. The topological polar surface area (TPSA) is 140 Å². The average Bonchev–Trinajstić information content (AvgIpc) is 2.75. The number of aromatic amines is 1. The molecule has 2 heterocycles. The molecule has 0 aliphatic carbocycles. The monoisotopic (exact) mass is 461 g/mol. The minimum atomic E-state index is -0.750. The first-order chi connectivity index (χ1) is 15.3. The van der Waals surface area contributed by atoms with Gasteiger partial charge in [-0.15, -0.1) is 11.8 Å². The Labute approximate surface area is 189 Å². The summed E-state index contributed by atoms with van der Waals surface area (Å²) in [6.07, 6.45) is 1.51. The number of rotatable bonds is 8. The number of nitrogens with zero attached hydrogens (tertiary/aromatic N) is 2. The summed E-state index contributed by atoms with van der Waals surface area (Å²) in [7, 11) is 1.48. The predicted molar refractivity (Wildman–Crippen MR) is 125 cm³/mol. The zero-order chi connectivity index (χ0) is 23.4. The molecule has 3 rings (SSSR count). The van der Waals surface area contributed by atoms with Crippen molar-refractivity contribution in [1.29, 1.82) is 0 Å². The Morgan fingerprint density at radius 2 is 2.06 bits per heavy atom. The lowest BCUT2D eigenvalue weighted by molar-refractivity contribution is -0.115. The standard InChI is InChI=1S/C21H27N5O5S/c1-4-5-8-26-17(22)16(19(28)24-21(26)30)25(9-10-31-3)20(29)13-6-7-15-14(11-13)23-18(27)12(2)32-15/h6-7,11-12H,4-5,8-10,22H2,1-3H3,(H,23,27)(H,24,28,30). The van der Waals surface area contributed by atoms with E-state index in [0.717, 1.165) is 11.3 Å². The Morgan fingerprint density at radius 1 is 1.31 bits per heavy atom. The van der Waals surface area contributed by atoms with Crippen LogP contribution in [0.1, 0.15) is 37.0 Å². The van der Waals surface area contributed by atoms with Crippen molar-refractivity contribution in [3.63, 3.8) is 0 Å². The van der Waals surface area contributed by atoms with Crippen LogP contribution in [0.4, 0.5) is 17.2 Å². The van der Waals surface area contributed by atoms with Gasteiger partial charge in [0.2, 0.25) is 5.91 Å². The van der Waals surface area contributed by atoms with E-state index in [0.29, 0.717) is 18.7 Å². The van der Waals surface area contributed by atoms with Crippen LogP contribution in [-0.4, -0.2) is 46.9 Å². The molecule has 0 saturated heterocycles. The zero-order valence-corrected chi connectivity index (χ0v) is 19.1. The van der Waals surface area contributed by atoms with Crippen molar-refractivity contribution < 1.29 is 14.3 Å². The molecule has 4 N–H and O–H groups in total. The van der Waals surface area contributed by atoms with Gasteiger partial charge >= 0.3 is 5.69 Å². The lowest BCUT2D eigenvalue weighted by atomic mass is 10.1. The van der Waals surface area contributed by atoms with E-state index in [1.54, 1.807) is 25.1 Å². The van der Waals surface area contributed by atoms with Gasteiger partial charge in [-0.1, -0.05) is 13.3 Å². The first kappa shape index (κ1) is 23.6. The third kappa shape index (κ3) is 4.73. The molecule has 1 aliphatic rings. The van der Waals surface area contributed by atoms with Crippen LogP contribution in [0.25, 0.3) is 0 Å². The molecule has 10 nitrogen and oxygen atoms in total. The maximum absolute atomic E-state index is 13.5. The Bertz CT molecular complexity index is 1140. The number of hydrogen-bond donors (Lipinski definition) is 3. The molecular formula is C21H27N5O5S. The van der Waals surface area contributed by atoms with Crippen LogP contribution in [0, 0.1) is 0 Å². The molecule has 11 heteroatoms. The molecule has 0 bridgehead atoms. The highest BCUT2D eigenvalue weighted by Gasteiger charge is 2.28. The van der Waals surface area contributed by atoms with Crippen LogP contribution in [0.5, 0.6) is 0 Å². The van der Waals surface area contributed by atoms with Crippen molar-refractivity contribution in [2.45, 2.75) is 43.4 Å². The Hall–Kier alpha value is -3.05. The molecule has 1 unspecified atom stereocenters. The molecule has 0 fully saturated rings. The molecule has 1 atom stereocenters. The molecule has 0 spiro atoms. The summed E-state index contributed by atoms with van der Waals surface area (Å²) in [5, 5.41) is 2.56. The van der Waals surface area contributed by atoms with E-state index in [4.69, 9.17) is 10.5 Å². The lowest BCUT2D eigenvalue weighted by Gasteiger charge is -2.26. The van der Waals surface area contributed by atoms with Crippen molar-refractivity contribution in [3.05, 3.63) is 44.6 Å². The first-order valence-electron chi connectivity index (χ1n) is 10.3. The third-order valence-corrected chi connectivity index (χ3v) is 6.32. The Morgan fingerprint density at radius 3 is 2.75 bits per heavy atom. The molecule has 0 radical (unpaired) electrons. The van der Waals surface area contributed by atoms with Gasteiger partial charge in [0.05, 0.1) is 17.5 Å². The van der Waals surface area contributed by atoms with E-state index in [2.05, 4.69) is 10.3 Å². The third-order valence-electron chi connectivity index (χ3n) is 5.14. The zero-order valence-electron chi connectivity index (χ0n) is 18.3. The number of carbonyl (C=O) groups excluding carboxylic acids is 2. The maximum atomic E-state index is 13.5. The largest absolute Gasteiger partial charge is 0.383 e. The fraction of sp³-hybridized carbons (Fsp3) is 0.429. The van der Waals surface area contributed by atoms with Crippen LogP contribution in [0.3, 0.4) is 0 Å². The lowest BCUT2D eigenvalue weighted by Crippen LogP contribution is -2.42. The number of nitrogen functional groups attached to an aromatic ring is 1. The normalized spacial score (nSPS) is 15.2. The van der Waals surface area contributed by atoms with Crippen molar-refractivity contribution >= 4 is 40.8 Å². The number of nitrogens with one attached hydrogen (secondary N) is 2. The summed E-state index contributed by atoms with van der Waals surface area (Å²) in [5.41, 5.74) is 5.53. The number of hydrogen-bond acceptors (Lipinski definition) is 7. The minimum Gasteiger partial charge on any atom is -0.383 e. The molecular weight excluding hydrogens is 434 g/mol. The molecule has 0 saturated carbocycles. The number of nitrogens with two attached hydrogens (primary N) is 1. The fourth-order valence-corrected chi connectivity index (χ4v) is 4.30. The second-order valence-corrected chi connectivity index (χ2v) is 8.79. The number of benzene rings is 1. The number of thioether (sulfide) groups is 1. The summed E-state index contributed by atoms with van der Waals surface area (Å²) in [4.78, 5) is 54.8. The highest BCUT2D eigenvalue weighted by Crippen LogP contribution is 2.36. The number of aromatic nitrogens is 2. The number of amides is 2. The summed E-state index contributed by atoms with van der Waals surface area (Å²) < 4.78 is 6.38. The van der Waals surface area contributed by atoms with Crippen LogP contribution in [0.2, 0.25) is 0 Å². The van der Waals surface area contributed by atoms with E-state index in [9.17, 15) is 19.2 Å². The van der Waals surface area contributed by atoms with Crippen molar-refractivity contribution in [3.8, 4) is 0 Å². The van der Waals surface area contributed by atoms with Crippen molar-refractivity contribution in [2.75, 3.05) is 36.2 Å². The van der Waals surface area contributed by atoms with Gasteiger partial charge in [0.25, 0.3) is 11.5 Å². The van der Waals surface area contributed by atoms with Crippen LogP contribution >= 0.6 is 11.8 Å². The Balaban J connectivity index is 2.05. The summed E-state index contributed by atoms with van der Waals surface area (Å²) in [5.74, 6) is -0.722. The molecule has 2 aromatic rings. The van der Waals surface area contributed by atoms with Crippen LogP contribution in [0.15, 0.2) is 32.7 Å². The number of unbranched alkanes of at least 4 members (excludes halogenated alkanes) is 1. The highest BCUT2D eigenvalue weighted by molar-refractivity contribution is 8.00. The second kappa shape index (κ2) is 10.0. The van der Waals surface area contributed by atoms with E-state index in [-0.39, 0.29) is 41.4 Å². The fourth-order valence-electron chi connectivity index (χ4n) is 3.37. The Kier molecular flexibility index (Phi) is 7.41. The highest BCUT2D eigenvalue weighted by atomic mass is 32.2. The smallest absolute Gasteiger partial charge is 0.330 e. The van der Waals surface area contributed by atoms with Gasteiger partial charge in [0.15, 0.2) is 5.69 Å². The first-order valence-corrected chi connectivity index (χ1v) is 11.2. The van der Waals surface area contributed by atoms with E-state index >= 15 is 0 Å². The predicted octanol–water partition coefficient (Wildman–Crippen LogP) is 1.64. The van der Waals surface area contributed by atoms with E-state index in [1.165, 1.54) is 28.3 Å². The summed E-state index contributed by atoms with van der Waals surface area (Å²) >= 11 is 1.41. The van der Waals surface area contributed by atoms with Gasteiger partial charge in [-0.05, 0) is 31.5 Å². The number of anilines is 3. The molecule has 2 amide bonds. The summed E-state index contributed by atoms with van der Waals surface area (Å²) in [6.45, 7) is 4.28. The molecule has 1 aromatic carbocycles.